The molecule has 0 radical (unpaired) electrons. The van der Waals surface area contributed by atoms with Crippen LogP contribution < -0.4 is 5.32 Å². The summed E-state index contributed by atoms with van der Waals surface area (Å²) in [6.45, 7) is 4.87. The van der Waals surface area contributed by atoms with Gasteiger partial charge >= 0.3 is 0 Å². The number of ether oxygens (including phenoxy) is 1. The maximum Gasteiger partial charge on any atom is 0.0700 e. The van der Waals surface area contributed by atoms with Crippen molar-refractivity contribution in [2.24, 2.45) is 0 Å². The summed E-state index contributed by atoms with van der Waals surface area (Å²) in [7, 11) is 0. The van der Waals surface area contributed by atoms with E-state index >= 15 is 0 Å². The Morgan fingerprint density at radius 3 is 3.05 bits per heavy atom. The Kier molecular flexibility index (Phi) is 4.19. The van der Waals surface area contributed by atoms with Crippen LogP contribution in [0.2, 0.25) is 0 Å². The van der Waals surface area contributed by atoms with Gasteiger partial charge in [-0.25, -0.2) is 0 Å². The van der Waals surface area contributed by atoms with Gasteiger partial charge in [0.1, 0.15) is 0 Å². The summed E-state index contributed by atoms with van der Waals surface area (Å²) in [6, 6.07) is 12.9. The van der Waals surface area contributed by atoms with E-state index in [1.165, 1.54) is 29.8 Å². The molecule has 0 spiro atoms. The van der Waals surface area contributed by atoms with Crippen molar-refractivity contribution in [2.45, 2.75) is 32.4 Å². The Morgan fingerprint density at radius 1 is 1.30 bits per heavy atom. The summed E-state index contributed by atoms with van der Waals surface area (Å²) >= 11 is 0. The number of benzene rings is 1. The molecule has 1 aliphatic heterocycles. The van der Waals surface area contributed by atoms with Gasteiger partial charge in [0.25, 0.3) is 0 Å². The van der Waals surface area contributed by atoms with Gasteiger partial charge < -0.3 is 14.6 Å². The van der Waals surface area contributed by atoms with E-state index in [4.69, 9.17) is 4.74 Å². The first kappa shape index (κ1) is 13.4. The maximum absolute atomic E-state index is 5.63. The number of nitrogens with one attached hydrogen (secondary N) is 1. The molecule has 0 saturated carbocycles. The van der Waals surface area contributed by atoms with E-state index in [2.05, 4.69) is 59.4 Å². The molecule has 3 rings (SSSR count). The van der Waals surface area contributed by atoms with Crippen molar-refractivity contribution in [1.29, 1.82) is 0 Å². The van der Waals surface area contributed by atoms with Gasteiger partial charge in [0, 0.05) is 37.3 Å². The van der Waals surface area contributed by atoms with E-state index in [-0.39, 0.29) is 0 Å². The van der Waals surface area contributed by atoms with Crippen molar-refractivity contribution in [1.82, 2.24) is 9.88 Å². The number of nitrogens with zero attached hydrogens (tertiary/aromatic N) is 1. The standard InChI is InChI=1S/C17H22N2O/c1-14-5-2-6-15(11-14)19-9-3-7-16(19)12-18-13-17-8-4-10-20-17/h2-3,5-7,9,11,17-18H,4,8,10,12-13H2,1H3. The van der Waals surface area contributed by atoms with Crippen LogP contribution in [0.25, 0.3) is 5.69 Å². The monoisotopic (exact) mass is 270 g/mol. The number of rotatable bonds is 5. The van der Waals surface area contributed by atoms with Gasteiger partial charge in [0.2, 0.25) is 0 Å². The number of hydrogen-bond donors (Lipinski definition) is 1. The van der Waals surface area contributed by atoms with Gasteiger partial charge in [0.15, 0.2) is 0 Å². The molecule has 1 N–H and O–H groups in total. The Morgan fingerprint density at radius 2 is 2.25 bits per heavy atom. The molecule has 1 fully saturated rings. The van der Waals surface area contributed by atoms with Crippen molar-refractivity contribution < 1.29 is 4.74 Å². The highest BCUT2D eigenvalue weighted by molar-refractivity contribution is 5.37. The maximum atomic E-state index is 5.63. The van der Waals surface area contributed by atoms with Crippen molar-refractivity contribution in [3.8, 4) is 5.69 Å². The minimum absolute atomic E-state index is 0.400. The van der Waals surface area contributed by atoms with E-state index in [0.29, 0.717) is 6.10 Å². The second-order valence-corrected chi connectivity index (χ2v) is 5.47. The lowest BCUT2D eigenvalue weighted by molar-refractivity contribution is 0.110. The molecule has 1 aromatic carbocycles. The van der Waals surface area contributed by atoms with E-state index < -0.39 is 0 Å². The Hall–Kier alpha value is -1.58. The lowest BCUT2D eigenvalue weighted by Crippen LogP contribution is -2.26. The molecule has 2 aromatic rings. The molecule has 1 aliphatic rings. The molecule has 3 heteroatoms. The first-order valence-corrected chi connectivity index (χ1v) is 7.38. The highest BCUT2D eigenvalue weighted by Gasteiger charge is 2.14. The quantitative estimate of drug-likeness (QED) is 0.903. The van der Waals surface area contributed by atoms with Gasteiger partial charge in [-0.3, -0.25) is 0 Å². The number of aryl methyl sites for hydroxylation is 1. The van der Waals surface area contributed by atoms with Gasteiger partial charge in [-0.15, -0.1) is 0 Å². The second-order valence-electron chi connectivity index (χ2n) is 5.47. The molecule has 20 heavy (non-hydrogen) atoms. The molecule has 1 unspecified atom stereocenters. The SMILES string of the molecule is Cc1cccc(-n2cccc2CNCC2CCCO2)c1. The third kappa shape index (κ3) is 3.11. The molecule has 1 atom stereocenters. The zero-order chi connectivity index (χ0) is 13.8. The number of hydrogen-bond acceptors (Lipinski definition) is 2. The molecule has 0 bridgehead atoms. The summed E-state index contributed by atoms with van der Waals surface area (Å²) in [5, 5.41) is 3.51. The normalized spacial score (nSPS) is 18.6. The van der Waals surface area contributed by atoms with E-state index in [0.717, 1.165) is 19.7 Å². The van der Waals surface area contributed by atoms with Crippen LogP contribution in [0.5, 0.6) is 0 Å². The zero-order valence-corrected chi connectivity index (χ0v) is 12.0. The minimum atomic E-state index is 0.400. The predicted molar refractivity (Wildman–Crippen MR) is 81.2 cm³/mol. The van der Waals surface area contributed by atoms with Crippen LogP contribution in [-0.2, 0) is 11.3 Å². The van der Waals surface area contributed by atoms with Gasteiger partial charge in [-0.05, 0) is 49.6 Å². The Bertz CT molecular complexity index is 556. The van der Waals surface area contributed by atoms with E-state index in [1.807, 2.05) is 0 Å². The second kappa shape index (κ2) is 6.25. The highest BCUT2D eigenvalue weighted by Crippen LogP contribution is 2.15. The summed E-state index contributed by atoms with van der Waals surface area (Å²) in [5.74, 6) is 0. The first-order valence-electron chi connectivity index (χ1n) is 7.38. The van der Waals surface area contributed by atoms with Crippen LogP contribution >= 0.6 is 0 Å². The smallest absolute Gasteiger partial charge is 0.0700 e. The fourth-order valence-corrected chi connectivity index (χ4v) is 2.76. The lowest BCUT2D eigenvalue weighted by Gasteiger charge is -2.13. The zero-order valence-electron chi connectivity index (χ0n) is 12.0. The molecule has 106 valence electrons. The molecule has 0 amide bonds. The topological polar surface area (TPSA) is 26.2 Å². The van der Waals surface area contributed by atoms with E-state index in [1.54, 1.807) is 0 Å². The predicted octanol–water partition coefficient (Wildman–Crippen LogP) is 3.05. The molecule has 1 saturated heterocycles. The van der Waals surface area contributed by atoms with Gasteiger partial charge in [-0.1, -0.05) is 12.1 Å². The molecular formula is C17H22N2O. The highest BCUT2D eigenvalue weighted by atomic mass is 16.5. The van der Waals surface area contributed by atoms with E-state index in [9.17, 15) is 0 Å². The summed E-state index contributed by atoms with van der Waals surface area (Å²) < 4.78 is 7.88. The molecule has 1 aromatic heterocycles. The van der Waals surface area contributed by atoms with Gasteiger partial charge in [-0.2, -0.15) is 0 Å². The molecule has 2 heterocycles. The van der Waals surface area contributed by atoms with Crippen LogP contribution in [0.15, 0.2) is 42.6 Å². The third-order valence-electron chi connectivity index (χ3n) is 3.82. The van der Waals surface area contributed by atoms with Crippen LogP contribution in [0.3, 0.4) is 0 Å². The van der Waals surface area contributed by atoms with Crippen LogP contribution in [-0.4, -0.2) is 23.8 Å². The van der Waals surface area contributed by atoms with Crippen molar-refractivity contribution in [2.75, 3.05) is 13.2 Å². The Balaban J connectivity index is 1.64. The minimum Gasteiger partial charge on any atom is -0.377 e. The lowest BCUT2D eigenvalue weighted by atomic mass is 10.2. The van der Waals surface area contributed by atoms with Gasteiger partial charge in [0.05, 0.1) is 6.10 Å². The van der Waals surface area contributed by atoms with Crippen LogP contribution in [0.4, 0.5) is 0 Å². The average molecular weight is 270 g/mol. The molecule has 0 aliphatic carbocycles. The van der Waals surface area contributed by atoms with Crippen molar-refractivity contribution in [3.63, 3.8) is 0 Å². The fourth-order valence-electron chi connectivity index (χ4n) is 2.76. The third-order valence-corrected chi connectivity index (χ3v) is 3.82. The fraction of sp³-hybridized carbons (Fsp3) is 0.412. The average Bonchev–Trinajstić information content (AvgIpc) is 3.10. The Labute approximate surface area is 120 Å². The van der Waals surface area contributed by atoms with Crippen LogP contribution in [0, 0.1) is 6.92 Å². The summed E-state index contributed by atoms with van der Waals surface area (Å²) in [4.78, 5) is 0. The van der Waals surface area contributed by atoms with Crippen molar-refractivity contribution in [3.05, 3.63) is 53.9 Å². The number of aromatic nitrogens is 1. The summed E-state index contributed by atoms with van der Waals surface area (Å²) in [6.07, 6.45) is 4.91. The largest absolute Gasteiger partial charge is 0.377 e. The first-order chi connectivity index (χ1) is 9.83. The summed E-state index contributed by atoms with van der Waals surface area (Å²) in [5.41, 5.74) is 3.80. The molecular weight excluding hydrogens is 248 g/mol. The van der Waals surface area contributed by atoms with Crippen LogP contribution in [0.1, 0.15) is 24.1 Å². The molecule has 3 nitrogen and oxygen atoms in total. The van der Waals surface area contributed by atoms with Crippen molar-refractivity contribution >= 4 is 0 Å².